The quantitative estimate of drug-likeness (QED) is 0.534. The first kappa shape index (κ1) is 7.32. The molecule has 56 valence electrons. The van der Waals surface area contributed by atoms with Crippen LogP contribution in [0.25, 0.3) is 0 Å². The minimum absolute atomic E-state index is 0.154. The summed E-state index contributed by atoms with van der Waals surface area (Å²) in [7, 11) is 0. The van der Waals surface area contributed by atoms with Crippen molar-refractivity contribution in [2.75, 3.05) is 6.54 Å². The molecule has 0 saturated heterocycles. The van der Waals surface area contributed by atoms with E-state index in [9.17, 15) is 4.79 Å². The number of carbonyl (C=O) groups excluding carboxylic acids is 1. The van der Waals surface area contributed by atoms with Crippen molar-refractivity contribution >= 4 is 5.91 Å². The second-order valence-electron chi connectivity index (χ2n) is 2.82. The molecule has 0 spiro atoms. The Hall–Kier alpha value is -0.790. The van der Waals surface area contributed by atoms with Crippen LogP contribution in [0, 0.1) is 0 Å². The second kappa shape index (κ2) is 2.86. The fraction of sp³-hybridized carbons (Fsp3) is 0.625. The molecule has 0 saturated carbocycles. The minimum Gasteiger partial charge on any atom is -0.336 e. The summed E-state index contributed by atoms with van der Waals surface area (Å²) in [6.07, 6.45) is 4.59. The Morgan fingerprint density at radius 2 is 2.30 bits per heavy atom. The topological polar surface area (TPSA) is 20.3 Å². The molecule has 0 aromatic carbocycles. The van der Waals surface area contributed by atoms with E-state index in [1.807, 2.05) is 24.8 Å². The van der Waals surface area contributed by atoms with Crippen molar-refractivity contribution in [3.63, 3.8) is 0 Å². The van der Waals surface area contributed by atoms with E-state index in [2.05, 4.69) is 0 Å². The zero-order valence-electron chi connectivity index (χ0n) is 6.50. The molecule has 0 aromatic rings. The van der Waals surface area contributed by atoms with Gasteiger partial charge in [-0.25, -0.2) is 0 Å². The molecule has 0 aliphatic carbocycles. The van der Waals surface area contributed by atoms with Crippen LogP contribution in [0.1, 0.15) is 20.3 Å². The van der Waals surface area contributed by atoms with Crippen LogP contribution >= 0.6 is 0 Å². The van der Waals surface area contributed by atoms with E-state index in [0.29, 0.717) is 6.04 Å². The van der Waals surface area contributed by atoms with E-state index in [0.717, 1.165) is 13.0 Å². The SMILES string of the molecule is CC(C)N1CCC=CC1=O. The van der Waals surface area contributed by atoms with Gasteiger partial charge in [0.15, 0.2) is 0 Å². The van der Waals surface area contributed by atoms with Crippen LogP contribution in [-0.2, 0) is 4.79 Å². The van der Waals surface area contributed by atoms with Crippen LogP contribution in [0.5, 0.6) is 0 Å². The van der Waals surface area contributed by atoms with Crippen LogP contribution in [0.2, 0.25) is 0 Å². The Balaban J connectivity index is 2.61. The van der Waals surface area contributed by atoms with Gasteiger partial charge in [-0.2, -0.15) is 0 Å². The summed E-state index contributed by atoms with van der Waals surface area (Å²) < 4.78 is 0. The van der Waals surface area contributed by atoms with Gasteiger partial charge in [-0.05, 0) is 26.3 Å². The average Bonchev–Trinajstić information content (AvgIpc) is 1.88. The number of amides is 1. The molecule has 2 nitrogen and oxygen atoms in total. The summed E-state index contributed by atoms with van der Waals surface area (Å²) in [5.74, 6) is 0.154. The van der Waals surface area contributed by atoms with Gasteiger partial charge in [0.05, 0.1) is 0 Å². The Morgan fingerprint density at radius 3 is 2.70 bits per heavy atom. The predicted molar refractivity (Wildman–Crippen MR) is 40.6 cm³/mol. The summed E-state index contributed by atoms with van der Waals surface area (Å²) in [5, 5.41) is 0. The molecule has 0 bridgehead atoms. The van der Waals surface area contributed by atoms with Crippen LogP contribution in [0.15, 0.2) is 12.2 Å². The van der Waals surface area contributed by atoms with Gasteiger partial charge < -0.3 is 4.90 Å². The van der Waals surface area contributed by atoms with Gasteiger partial charge in [-0.15, -0.1) is 0 Å². The van der Waals surface area contributed by atoms with Gasteiger partial charge >= 0.3 is 0 Å². The molecule has 1 heterocycles. The van der Waals surface area contributed by atoms with Crippen molar-refractivity contribution in [1.82, 2.24) is 4.90 Å². The molecule has 0 atom stereocenters. The van der Waals surface area contributed by atoms with Gasteiger partial charge in [-0.3, -0.25) is 4.79 Å². The first-order valence-electron chi connectivity index (χ1n) is 3.69. The van der Waals surface area contributed by atoms with E-state index in [1.165, 1.54) is 0 Å². The molecule has 1 aliphatic heterocycles. The first-order chi connectivity index (χ1) is 4.72. The van der Waals surface area contributed by atoms with E-state index >= 15 is 0 Å². The summed E-state index contributed by atoms with van der Waals surface area (Å²) in [6, 6.07) is 0.345. The third-order valence-corrected chi connectivity index (χ3v) is 1.70. The van der Waals surface area contributed by atoms with Gasteiger partial charge in [0, 0.05) is 12.6 Å². The molecular formula is C8H13NO. The minimum atomic E-state index is 0.154. The highest BCUT2D eigenvalue weighted by Crippen LogP contribution is 2.06. The number of hydrogen-bond acceptors (Lipinski definition) is 1. The maximum atomic E-state index is 11.1. The highest BCUT2D eigenvalue weighted by atomic mass is 16.2. The number of carbonyl (C=O) groups is 1. The number of hydrogen-bond donors (Lipinski definition) is 0. The van der Waals surface area contributed by atoms with Crippen molar-refractivity contribution in [3.8, 4) is 0 Å². The summed E-state index contributed by atoms with van der Waals surface area (Å²) in [5.41, 5.74) is 0. The Bertz CT molecular complexity index is 161. The van der Waals surface area contributed by atoms with Crippen molar-refractivity contribution in [2.24, 2.45) is 0 Å². The van der Waals surface area contributed by atoms with Crippen LogP contribution < -0.4 is 0 Å². The maximum Gasteiger partial charge on any atom is 0.246 e. The third-order valence-electron chi connectivity index (χ3n) is 1.70. The van der Waals surface area contributed by atoms with E-state index in [4.69, 9.17) is 0 Å². The molecule has 10 heavy (non-hydrogen) atoms. The van der Waals surface area contributed by atoms with Crippen molar-refractivity contribution in [1.29, 1.82) is 0 Å². The van der Waals surface area contributed by atoms with E-state index in [-0.39, 0.29) is 5.91 Å². The summed E-state index contributed by atoms with van der Waals surface area (Å²) in [6.45, 7) is 4.96. The lowest BCUT2D eigenvalue weighted by atomic mass is 10.2. The van der Waals surface area contributed by atoms with E-state index in [1.54, 1.807) is 6.08 Å². The molecule has 0 aromatic heterocycles. The fourth-order valence-corrected chi connectivity index (χ4v) is 1.12. The normalized spacial score (nSPS) is 18.7. The van der Waals surface area contributed by atoms with Crippen LogP contribution in [0.3, 0.4) is 0 Å². The van der Waals surface area contributed by atoms with Gasteiger partial charge in [0.25, 0.3) is 0 Å². The molecular weight excluding hydrogens is 126 g/mol. The Labute approximate surface area is 61.5 Å². The smallest absolute Gasteiger partial charge is 0.246 e. The zero-order chi connectivity index (χ0) is 7.56. The van der Waals surface area contributed by atoms with Crippen molar-refractivity contribution < 1.29 is 4.79 Å². The molecule has 0 radical (unpaired) electrons. The zero-order valence-corrected chi connectivity index (χ0v) is 6.50. The summed E-state index contributed by atoms with van der Waals surface area (Å²) in [4.78, 5) is 12.9. The predicted octanol–water partition coefficient (Wildman–Crippen LogP) is 1.18. The molecule has 0 fully saturated rings. The largest absolute Gasteiger partial charge is 0.336 e. The fourth-order valence-electron chi connectivity index (χ4n) is 1.12. The van der Waals surface area contributed by atoms with Crippen molar-refractivity contribution in [2.45, 2.75) is 26.3 Å². The first-order valence-corrected chi connectivity index (χ1v) is 3.69. The number of rotatable bonds is 1. The van der Waals surface area contributed by atoms with Crippen LogP contribution in [-0.4, -0.2) is 23.4 Å². The van der Waals surface area contributed by atoms with Gasteiger partial charge in [0.1, 0.15) is 0 Å². The third kappa shape index (κ3) is 1.38. The molecule has 1 amide bonds. The second-order valence-corrected chi connectivity index (χ2v) is 2.82. The molecule has 0 unspecified atom stereocenters. The lowest BCUT2D eigenvalue weighted by Gasteiger charge is -2.27. The van der Waals surface area contributed by atoms with Gasteiger partial charge in [-0.1, -0.05) is 6.08 Å². The Morgan fingerprint density at radius 1 is 1.60 bits per heavy atom. The van der Waals surface area contributed by atoms with E-state index < -0.39 is 0 Å². The molecule has 1 rings (SSSR count). The van der Waals surface area contributed by atoms with Crippen molar-refractivity contribution in [3.05, 3.63) is 12.2 Å². The van der Waals surface area contributed by atoms with Crippen LogP contribution in [0.4, 0.5) is 0 Å². The molecule has 2 heteroatoms. The highest BCUT2D eigenvalue weighted by Gasteiger charge is 2.15. The lowest BCUT2D eigenvalue weighted by Crippen LogP contribution is -2.38. The molecule has 0 N–H and O–H groups in total. The van der Waals surface area contributed by atoms with Gasteiger partial charge in [0.2, 0.25) is 5.91 Å². The highest BCUT2D eigenvalue weighted by molar-refractivity contribution is 5.88. The monoisotopic (exact) mass is 139 g/mol. The lowest BCUT2D eigenvalue weighted by molar-refractivity contribution is -0.128. The summed E-state index contributed by atoms with van der Waals surface area (Å²) >= 11 is 0. The standard InChI is InChI=1S/C8H13NO/c1-7(2)9-6-4-3-5-8(9)10/h3,5,7H,4,6H2,1-2H3. The Kier molecular flexibility index (Phi) is 2.10. The average molecular weight is 139 g/mol. The molecule has 1 aliphatic rings. The number of nitrogens with zero attached hydrogens (tertiary/aromatic N) is 1. The maximum absolute atomic E-state index is 11.1.